The Hall–Kier alpha value is -2.60. The fraction of sp³-hybridized carbons (Fsp3) is 0.250. The van der Waals surface area contributed by atoms with Crippen molar-refractivity contribution in [2.75, 3.05) is 18.8 Å². The van der Waals surface area contributed by atoms with E-state index in [9.17, 15) is 4.79 Å². The summed E-state index contributed by atoms with van der Waals surface area (Å²) in [5, 5.41) is 9.47. The van der Waals surface area contributed by atoms with Gasteiger partial charge in [-0.2, -0.15) is 0 Å². The molecule has 0 saturated heterocycles. The number of carbonyl (C=O) groups excluding carboxylic acids is 1. The van der Waals surface area contributed by atoms with Crippen LogP contribution in [-0.2, 0) is 4.79 Å². The van der Waals surface area contributed by atoms with E-state index < -0.39 is 0 Å². The molecule has 0 bridgehead atoms. The van der Waals surface area contributed by atoms with Gasteiger partial charge >= 0.3 is 0 Å². The summed E-state index contributed by atoms with van der Waals surface area (Å²) in [6.45, 7) is 5.42. The van der Waals surface area contributed by atoms with Crippen LogP contribution in [-0.4, -0.2) is 44.4 Å². The molecule has 3 aromatic rings. The van der Waals surface area contributed by atoms with Crippen LogP contribution in [0.15, 0.2) is 65.8 Å². The SMILES string of the molecule is CCN(CC)C(=O)CSc1nnc(-c2ccccc2)n1-c1ccccc1. The van der Waals surface area contributed by atoms with Crippen LogP contribution >= 0.6 is 11.8 Å². The van der Waals surface area contributed by atoms with Gasteiger partial charge in [0.25, 0.3) is 0 Å². The van der Waals surface area contributed by atoms with Crippen molar-refractivity contribution < 1.29 is 4.79 Å². The van der Waals surface area contributed by atoms with Crippen LogP contribution in [0, 0.1) is 0 Å². The maximum Gasteiger partial charge on any atom is 0.233 e. The fourth-order valence-corrected chi connectivity index (χ4v) is 3.60. The van der Waals surface area contributed by atoms with Crippen LogP contribution < -0.4 is 0 Å². The van der Waals surface area contributed by atoms with Crippen molar-refractivity contribution in [2.24, 2.45) is 0 Å². The van der Waals surface area contributed by atoms with E-state index in [0.29, 0.717) is 5.75 Å². The molecular formula is C20H22N4OS. The van der Waals surface area contributed by atoms with Crippen molar-refractivity contribution in [3.05, 3.63) is 60.7 Å². The van der Waals surface area contributed by atoms with Crippen LogP contribution in [0.2, 0.25) is 0 Å². The smallest absolute Gasteiger partial charge is 0.233 e. The lowest BCUT2D eigenvalue weighted by atomic mass is 10.2. The minimum absolute atomic E-state index is 0.115. The van der Waals surface area contributed by atoms with E-state index >= 15 is 0 Å². The van der Waals surface area contributed by atoms with E-state index in [4.69, 9.17) is 0 Å². The van der Waals surface area contributed by atoms with Crippen molar-refractivity contribution in [2.45, 2.75) is 19.0 Å². The maximum absolute atomic E-state index is 12.4. The average molecular weight is 366 g/mol. The van der Waals surface area contributed by atoms with E-state index in [-0.39, 0.29) is 5.91 Å². The second kappa shape index (κ2) is 8.67. The second-order valence-electron chi connectivity index (χ2n) is 5.70. The number of hydrogen-bond acceptors (Lipinski definition) is 4. The molecule has 26 heavy (non-hydrogen) atoms. The highest BCUT2D eigenvalue weighted by molar-refractivity contribution is 7.99. The minimum atomic E-state index is 0.115. The summed E-state index contributed by atoms with van der Waals surface area (Å²) in [4.78, 5) is 14.2. The Morgan fingerprint density at radius 2 is 1.58 bits per heavy atom. The zero-order chi connectivity index (χ0) is 18.4. The summed E-state index contributed by atoms with van der Waals surface area (Å²) in [6, 6.07) is 20.0. The molecule has 0 radical (unpaired) electrons. The molecular weight excluding hydrogens is 344 g/mol. The first-order chi connectivity index (χ1) is 12.7. The average Bonchev–Trinajstić information content (AvgIpc) is 3.12. The van der Waals surface area contributed by atoms with Crippen molar-refractivity contribution in [1.29, 1.82) is 0 Å². The van der Waals surface area contributed by atoms with Crippen molar-refractivity contribution >= 4 is 17.7 Å². The molecule has 0 saturated carbocycles. The Morgan fingerprint density at radius 1 is 0.962 bits per heavy atom. The summed E-state index contributed by atoms with van der Waals surface area (Å²) in [5.41, 5.74) is 1.97. The summed E-state index contributed by atoms with van der Waals surface area (Å²) < 4.78 is 2.01. The minimum Gasteiger partial charge on any atom is -0.343 e. The lowest BCUT2D eigenvalue weighted by molar-refractivity contribution is -0.127. The second-order valence-corrected chi connectivity index (χ2v) is 6.64. The Balaban J connectivity index is 1.93. The van der Waals surface area contributed by atoms with E-state index in [1.54, 1.807) is 0 Å². The van der Waals surface area contributed by atoms with Crippen LogP contribution in [0.3, 0.4) is 0 Å². The Labute approximate surface area is 158 Å². The van der Waals surface area contributed by atoms with Gasteiger partial charge in [0, 0.05) is 24.3 Å². The Bertz CT molecular complexity index is 845. The van der Waals surface area contributed by atoms with Gasteiger partial charge in [-0.3, -0.25) is 9.36 Å². The molecule has 0 atom stereocenters. The maximum atomic E-state index is 12.4. The van der Waals surface area contributed by atoms with Gasteiger partial charge in [0.15, 0.2) is 11.0 Å². The number of para-hydroxylation sites is 1. The molecule has 3 rings (SSSR count). The van der Waals surface area contributed by atoms with Crippen LogP contribution in [0.4, 0.5) is 0 Å². The van der Waals surface area contributed by atoms with Crippen molar-refractivity contribution in [3.8, 4) is 17.1 Å². The van der Waals surface area contributed by atoms with E-state index in [0.717, 1.165) is 35.3 Å². The molecule has 0 unspecified atom stereocenters. The molecule has 5 nitrogen and oxygen atoms in total. The zero-order valence-corrected chi connectivity index (χ0v) is 15.8. The van der Waals surface area contributed by atoms with Gasteiger partial charge in [-0.05, 0) is 26.0 Å². The first-order valence-corrected chi connectivity index (χ1v) is 9.70. The van der Waals surface area contributed by atoms with Gasteiger partial charge in [0.2, 0.25) is 5.91 Å². The lowest BCUT2D eigenvalue weighted by Crippen LogP contribution is -2.31. The third-order valence-electron chi connectivity index (χ3n) is 4.12. The summed E-state index contributed by atoms with van der Waals surface area (Å²) >= 11 is 1.42. The first kappa shape index (κ1) is 18.2. The number of carbonyl (C=O) groups is 1. The molecule has 2 aromatic carbocycles. The van der Waals surface area contributed by atoms with E-state index in [1.165, 1.54) is 11.8 Å². The number of amides is 1. The summed E-state index contributed by atoms with van der Waals surface area (Å²) in [7, 11) is 0. The highest BCUT2D eigenvalue weighted by atomic mass is 32.2. The molecule has 6 heteroatoms. The first-order valence-electron chi connectivity index (χ1n) is 8.71. The molecule has 134 valence electrons. The number of thioether (sulfide) groups is 1. The van der Waals surface area contributed by atoms with Crippen LogP contribution in [0.1, 0.15) is 13.8 Å². The largest absolute Gasteiger partial charge is 0.343 e. The normalized spacial score (nSPS) is 10.7. The van der Waals surface area contributed by atoms with Gasteiger partial charge in [-0.1, -0.05) is 60.3 Å². The Kier molecular flexibility index (Phi) is 6.07. The van der Waals surface area contributed by atoms with Gasteiger partial charge < -0.3 is 4.90 Å². The highest BCUT2D eigenvalue weighted by Crippen LogP contribution is 2.27. The lowest BCUT2D eigenvalue weighted by Gasteiger charge is -2.18. The summed E-state index contributed by atoms with van der Waals surface area (Å²) in [6.07, 6.45) is 0. The van der Waals surface area contributed by atoms with Crippen molar-refractivity contribution in [1.82, 2.24) is 19.7 Å². The molecule has 1 aromatic heterocycles. The van der Waals surface area contributed by atoms with Crippen LogP contribution in [0.5, 0.6) is 0 Å². The van der Waals surface area contributed by atoms with Gasteiger partial charge in [0.1, 0.15) is 0 Å². The van der Waals surface area contributed by atoms with Crippen LogP contribution in [0.25, 0.3) is 17.1 Å². The van der Waals surface area contributed by atoms with E-state index in [1.807, 2.05) is 84.0 Å². The fourth-order valence-electron chi connectivity index (χ4n) is 2.74. The third-order valence-corrected chi connectivity index (χ3v) is 5.03. The highest BCUT2D eigenvalue weighted by Gasteiger charge is 2.18. The van der Waals surface area contributed by atoms with Crippen molar-refractivity contribution in [3.63, 3.8) is 0 Å². The predicted octanol–water partition coefficient (Wildman–Crippen LogP) is 3.89. The molecule has 1 amide bonds. The topological polar surface area (TPSA) is 51.0 Å². The third kappa shape index (κ3) is 3.96. The molecule has 0 aliphatic heterocycles. The molecule has 0 N–H and O–H groups in total. The number of rotatable bonds is 7. The molecule has 0 aliphatic rings. The standard InChI is InChI=1S/C20H22N4OS/c1-3-23(4-2)18(25)15-26-20-22-21-19(16-11-7-5-8-12-16)24(20)17-13-9-6-10-14-17/h5-14H,3-4,15H2,1-2H3. The molecule has 0 aliphatic carbocycles. The monoisotopic (exact) mass is 366 g/mol. The predicted molar refractivity (Wildman–Crippen MR) is 105 cm³/mol. The summed E-state index contributed by atoms with van der Waals surface area (Å²) in [5.74, 6) is 1.24. The van der Waals surface area contributed by atoms with Gasteiger partial charge in [-0.15, -0.1) is 10.2 Å². The quantitative estimate of drug-likeness (QED) is 0.595. The number of nitrogens with zero attached hydrogens (tertiary/aromatic N) is 4. The van der Waals surface area contributed by atoms with E-state index in [2.05, 4.69) is 10.2 Å². The Morgan fingerprint density at radius 3 is 2.19 bits per heavy atom. The van der Waals surface area contributed by atoms with Gasteiger partial charge in [-0.25, -0.2) is 0 Å². The number of aromatic nitrogens is 3. The van der Waals surface area contributed by atoms with Gasteiger partial charge in [0.05, 0.1) is 5.75 Å². The zero-order valence-electron chi connectivity index (χ0n) is 15.0. The molecule has 0 spiro atoms. The number of hydrogen-bond donors (Lipinski definition) is 0. The molecule has 1 heterocycles. The molecule has 0 fully saturated rings. The number of benzene rings is 2.